The van der Waals surface area contributed by atoms with E-state index in [2.05, 4.69) is 32.9 Å². The van der Waals surface area contributed by atoms with Gasteiger partial charge in [0.2, 0.25) is 0 Å². The molecule has 17 heavy (non-hydrogen) atoms. The first-order valence-corrected chi connectivity index (χ1v) is 7.09. The predicted molar refractivity (Wildman–Crippen MR) is 72.8 cm³/mol. The van der Waals surface area contributed by atoms with Crippen molar-refractivity contribution in [1.29, 1.82) is 0 Å². The second-order valence-corrected chi connectivity index (χ2v) is 5.61. The zero-order valence-corrected chi connectivity index (χ0v) is 12.2. The standard InChI is InChI=1S/C12H21BrN4/c1-3-10-12(13)11(16(2)15-10)8-17-6-4-5-9(14)7-17/h9H,3-8,14H2,1-2H3/t9-/m1/s1. The van der Waals surface area contributed by atoms with Gasteiger partial charge < -0.3 is 5.73 Å². The van der Waals surface area contributed by atoms with Crippen LogP contribution < -0.4 is 5.73 Å². The molecule has 1 aromatic heterocycles. The van der Waals surface area contributed by atoms with Gasteiger partial charge in [-0.15, -0.1) is 0 Å². The van der Waals surface area contributed by atoms with E-state index in [4.69, 9.17) is 5.73 Å². The van der Waals surface area contributed by atoms with Crippen molar-refractivity contribution in [2.24, 2.45) is 12.8 Å². The summed E-state index contributed by atoms with van der Waals surface area (Å²) in [6.07, 6.45) is 3.33. The third-order valence-corrected chi connectivity index (χ3v) is 4.33. The number of nitrogens with zero attached hydrogens (tertiary/aromatic N) is 3. The monoisotopic (exact) mass is 300 g/mol. The van der Waals surface area contributed by atoms with Crippen LogP contribution in [-0.2, 0) is 20.0 Å². The zero-order valence-electron chi connectivity index (χ0n) is 10.6. The summed E-state index contributed by atoms with van der Waals surface area (Å²) in [4.78, 5) is 2.43. The Hall–Kier alpha value is -0.390. The third kappa shape index (κ3) is 2.89. The summed E-state index contributed by atoms with van der Waals surface area (Å²) >= 11 is 3.66. The van der Waals surface area contributed by atoms with Crippen molar-refractivity contribution < 1.29 is 0 Å². The van der Waals surface area contributed by atoms with Crippen LogP contribution >= 0.6 is 15.9 Å². The molecule has 2 N–H and O–H groups in total. The highest BCUT2D eigenvalue weighted by molar-refractivity contribution is 9.10. The van der Waals surface area contributed by atoms with E-state index in [0.717, 1.165) is 38.2 Å². The lowest BCUT2D eigenvalue weighted by Crippen LogP contribution is -2.42. The molecule has 0 unspecified atom stereocenters. The summed E-state index contributed by atoms with van der Waals surface area (Å²) in [6, 6.07) is 0.335. The van der Waals surface area contributed by atoms with Crippen LogP contribution in [0.1, 0.15) is 31.2 Å². The van der Waals surface area contributed by atoms with Gasteiger partial charge in [-0.1, -0.05) is 6.92 Å². The number of rotatable bonds is 3. The summed E-state index contributed by atoms with van der Waals surface area (Å²) in [5, 5.41) is 4.53. The largest absolute Gasteiger partial charge is 0.327 e. The molecule has 0 aliphatic carbocycles. The van der Waals surface area contributed by atoms with Crippen LogP contribution in [0.2, 0.25) is 0 Å². The minimum atomic E-state index is 0.335. The highest BCUT2D eigenvalue weighted by Crippen LogP contribution is 2.23. The van der Waals surface area contributed by atoms with E-state index in [1.807, 2.05) is 11.7 Å². The van der Waals surface area contributed by atoms with E-state index in [9.17, 15) is 0 Å². The van der Waals surface area contributed by atoms with Gasteiger partial charge in [0.1, 0.15) is 0 Å². The Morgan fingerprint density at radius 3 is 2.88 bits per heavy atom. The maximum absolute atomic E-state index is 6.01. The average Bonchev–Trinajstić information content (AvgIpc) is 2.56. The Balaban J connectivity index is 2.10. The number of hydrogen-bond donors (Lipinski definition) is 1. The first-order chi connectivity index (χ1) is 8.11. The lowest BCUT2D eigenvalue weighted by Gasteiger charge is -2.30. The number of hydrogen-bond acceptors (Lipinski definition) is 3. The lowest BCUT2D eigenvalue weighted by molar-refractivity contribution is 0.197. The first-order valence-electron chi connectivity index (χ1n) is 6.30. The maximum atomic E-state index is 6.01. The molecule has 1 aliphatic heterocycles. The van der Waals surface area contributed by atoms with Crippen molar-refractivity contribution in [2.45, 2.75) is 38.8 Å². The summed E-state index contributed by atoms with van der Waals surface area (Å²) in [5.41, 5.74) is 8.41. The molecule has 1 fully saturated rings. The molecule has 0 saturated carbocycles. The van der Waals surface area contributed by atoms with Crippen LogP contribution in [-0.4, -0.2) is 33.8 Å². The number of aromatic nitrogens is 2. The van der Waals surface area contributed by atoms with E-state index in [1.165, 1.54) is 16.6 Å². The molecule has 2 heterocycles. The Bertz CT molecular complexity index is 388. The number of aryl methyl sites for hydroxylation is 2. The molecule has 1 aromatic rings. The van der Waals surface area contributed by atoms with Gasteiger partial charge in [-0.25, -0.2) is 0 Å². The highest BCUT2D eigenvalue weighted by atomic mass is 79.9. The van der Waals surface area contributed by atoms with E-state index in [-0.39, 0.29) is 0 Å². The topological polar surface area (TPSA) is 47.1 Å². The SMILES string of the molecule is CCc1nn(C)c(CN2CCC[C@@H](N)C2)c1Br. The molecule has 96 valence electrons. The van der Waals surface area contributed by atoms with Gasteiger partial charge in [0.05, 0.1) is 15.9 Å². The first kappa shape index (κ1) is 13.1. The van der Waals surface area contributed by atoms with Crippen molar-refractivity contribution in [2.75, 3.05) is 13.1 Å². The van der Waals surface area contributed by atoms with E-state index in [0.29, 0.717) is 6.04 Å². The number of halogens is 1. The van der Waals surface area contributed by atoms with Crippen LogP contribution in [0.4, 0.5) is 0 Å². The van der Waals surface area contributed by atoms with Gasteiger partial charge >= 0.3 is 0 Å². The quantitative estimate of drug-likeness (QED) is 0.924. The van der Waals surface area contributed by atoms with Crippen molar-refractivity contribution in [3.05, 3.63) is 15.9 Å². The maximum Gasteiger partial charge on any atom is 0.0767 e. The van der Waals surface area contributed by atoms with E-state index >= 15 is 0 Å². The molecule has 0 bridgehead atoms. The van der Waals surface area contributed by atoms with Crippen LogP contribution in [0.3, 0.4) is 0 Å². The normalized spacial score (nSPS) is 22.0. The minimum absolute atomic E-state index is 0.335. The van der Waals surface area contributed by atoms with Crippen LogP contribution in [0.5, 0.6) is 0 Å². The molecular weight excluding hydrogens is 280 g/mol. The van der Waals surface area contributed by atoms with Gasteiger partial charge in [-0.3, -0.25) is 9.58 Å². The van der Waals surface area contributed by atoms with Crippen molar-refractivity contribution in [1.82, 2.24) is 14.7 Å². The van der Waals surface area contributed by atoms with Crippen LogP contribution in [0, 0.1) is 0 Å². The molecule has 0 amide bonds. The van der Waals surface area contributed by atoms with Gasteiger partial charge in [0.15, 0.2) is 0 Å². The molecule has 1 atom stereocenters. The predicted octanol–water partition coefficient (Wildman–Crippen LogP) is 1.67. The molecule has 1 saturated heterocycles. The van der Waals surface area contributed by atoms with Crippen LogP contribution in [0.25, 0.3) is 0 Å². The van der Waals surface area contributed by atoms with Crippen molar-refractivity contribution in [3.8, 4) is 0 Å². The number of nitrogens with two attached hydrogens (primary N) is 1. The highest BCUT2D eigenvalue weighted by Gasteiger charge is 2.20. The fourth-order valence-electron chi connectivity index (χ4n) is 2.44. The molecular formula is C12H21BrN4. The second-order valence-electron chi connectivity index (χ2n) is 4.82. The Kier molecular flexibility index (Phi) is 4.22. The Labute approximate surface area is 111 Å². The summed E-state index contributed by atoms with van der Waals surface area (Å²) in [7, 11) is 2.02. The van der Waals surface area contributed by atoms with Crippen LogP contribution in [0.15, 0.2) is 4.47 Å². The molecule has 4 nitrogen and oxygen atoms in total. The minimum Gasteiger partial charge on any atom is -0.327 e. The number of piperidine rings is 1. The molecule has 0 aromatic carbocycles. The molecule has 0 radical (unpaired) electrons. The molecule has 1 aliphatic rings. The molecule has 5 heteroatoms. The average molecular weight is 301 g/mol. The van der Waals surface area contributed by atoms with E-state index in [1.54, 1.807) is 0 Å². The van der Waals surface area contributed by atoms with E-state index < -0.39 is 0 Å². The van der Waals surface area contributed by atoms with Gasteiger partial charge in [0, 0.05) is 26.2 Å². The summed E-state index contributed by atoms with van der Waals surface area (Å²) < 4.78 is 3.16. The summed E-state index contributed by atoms with van der Waals surface area (Å²) in [5.74, 6) is 0. The molecule has 0 spiro atoms. The van der Waals surface area contributed by atoms with Crippen molar-refractivity contribution >= 4 is 15.9 Å². The van der Waals surface area contributed by atoms with Crippen molar-refractivity contribution in [3.63, 3.8) is 0 Å². The third-order valence-electron chi connectivity index (χ3n) is 3.42. The molecule has 2 rings (SSSR count). The van der Waals surface area contributed by atoms with Gasteiger partial charge in [0.25, 0.3) is 0 Å². The van der Waals surface area contributed by atoms with Gasteiger partial charge in [-0.2, -0.15) is 5.10 Å². The summed E-state index contributed by atoms with van der Waals surface area (Å²) in [6.45, 7) is 5.22. The smallest absolute Gasteiger partial charge is 0.0767 e. The number of likely N-dealkylation sites (tertiary alicyclic amines) is 1. The Morgan fingerprint density at radius 2 is 2.29 bits per heavy atom. The Morgan fingerprint density at radius 1 is 1.53 bits per heavy atom. The fourth-order valence-corrected chi connectivity index (χ4v) is 3.18. The second kappa shape index (κ2) is 5.50. The lowest BCUT2D eigenvalue weighted by atomic mass is 10.1. The fraction of sp³-hybridized carbons (Fsp3) is 0.750. The van der Waals surface area contributed by atoms with Gasteiger partial charge in [-0.05, 0) is 41.7 Å². The zero-order chi connectivity index (χ0) is 12.4.